The van der Waals surface area contributed by atoms with Gasteiger partial charge >= 0.3 is 0 Å². The molecule has 0 spiro atoms. The molecule has 2 aromatic rings. The van der Waals surface area contributed by atoms with Gasteiger partial charge in [-0.3, -0.25) is 9.69 Å². The van der Waals surface area contributed by atoms with E-state index in [0.717, 1.165) is 29.9 Å². The Balaban J connectivity index is 1.74. The number of para-hydroxylation sites is 1. The molecule has 1 N–H and O–H groups in total. The molecule has 1 fully saturated rings. The SMILES string of the molecule is CCNC(=O)c1coc(CN(Cc2cccc(OC)c2OC)C2CC2)n1. The Labute approximate surface area is 153 Å². The predicted octanol–water partition coefficient (Wildman–Crippen LogP) is 2.61. The van der Waals surface area contributed by atoms with Crippen LogP contribution in [0.15, 0.2) is 28.9 Å². The van der Waals surface area contributed by atoms with Crippen LogP contribution in [-0.4, -0.2) is 42.6 Å². The number of rotatable bonds is 9. The van der Waals surface area contributed by atoms with Gasteiger partial charge in [0.2, 0.25) is 5.89 Å². The Bertz CT molecular complexity index is 755. The van der Waals surface area contributed by atoms with Crippen LogP contribution >= 0.6 is 0 Å². The van der Waals surface area contributed by atoms with Crippen LogP contribution in [0.25, 0.3) is 0 Å². The van der Waals surface area contributed by atoms with Crippen molar-refractivity contribution in [3.8, 4) is 11.5 Å². The lowest BCUT2D eigenvalue weighted by Crippen LogP contribution is -2.26. The molecular weight excluding hydrogens is 334 g/mol. The van der Waals surface area contributed by atoms with E-state index >= 15 is 0 Å². The summed E-state index contributed by atoms with van der Waals surface area (Å²) in [5.41, 5.74) is 1.37. The first-order valence-electron chi connectivity index (χ1n) is 8.82. The fourth-order valence-electron chi connectivity index (χ4n) is 2.96. The maximum atomic E-state index is 11.9. The van der Waals surface area contributed by atoms with Gasteiger partial charge in [0.1, 0.15) is 6.26 Å². The van der Waals surface area contributed by atoms with E-state index in [2.05, 4.69) is 15.2 Å². The Morgan fingerprint density at radius 1 is 1.31 bits per heavy atom. The molecule has 0 saturated heterocycles. The quantitative estimate of drug-likeness (QED) is 0.742. The highest BCUT2D eigenvalue weighted by molar-refractivity contribution is 5.91. The van der Waals surface area contributed by atoms with Crippen molar-refractivity contribution in [1.29, 1.82) is 0 Å². The van der Waals surface area contributed by atoms with Crippen LogP contribution in [0.3, 0.4) is 0 Å². The second kappa shape index (κ2) is 8.23. The Morgan fingerprint density at radius 2 is 2.12 bits per heavy atom. The molecule has 0 bridgehead atoms. The third-order valence-corrected chi connectivity index (χ3v) is 4.38. The standard InChI is InChI=1S/C19H25N3O4/c1-4-20-19(23)15-12-26-17(21-15)11-22(14-8-9-14)10-13-6-5-7-16(24-2)18(13)25-3/h5-7,12,14H,4,8-11H2,1-3H3,(H,20,23). The minimum absolute atomic E-state index is 0.213. The number of ether oxygens (including phenoxy) is 2. The molecule has 0 radical (unpaired) electrons. The average Bonchev–Trinajstić information content (AvgIpc) is 3.40. The lowest BCUT2D eigenvalue weighted by Gasteiger charge is -2.22. The number of oxazole rings is 1. The number of nitrogens with one attached hydrogen (secondary N) is 1. The Hall–Kier alpha value is -2.54. The number of hydrogen-bond acceptors (Lipinski definition) is 6. The van der Waals surface area contributed by atoms with E-state index in [4.69, 9.17) is 13.9 Å². The lowest BCUT2D eigenvalue weighted by molar-refractivity contribution is 0.0950. The van der Waals surface area contributed by atoms with Crippen LogP contribution < -0.4 is 14.8 Å². The second-order valence-corrected chi connectivity index (χ2v) is 6.27. The van der Waals surface area contributed by atoms with Crippen molar-refractivity contribution >= 4 is 5.91 Å². The van der Waals surface area contributed by atoms with E-state index < -0.39 is 0 Å². The van der Waals surface area contributed by atoms with E-state index in [1.807, 2.05) is 25.1 Å². The topological polar surface area (TPSA) is 76.8 Å². The average molecular weight is 359 g/mol. The van der Waals surface area contributed by atoms with Crippen molar-refractivity contribution in [2.45, 2.75) is 38.9 Å². The third-order valence-electron chi connectivity index (χ3n) is 4.38. The van der Waals surface area contributed by atoms with Crippen molar-refractivity contribution in [3.05, 3.63) is 41.6 Å². The summed E-state index contributed by atoms with van der Waals surface area (Å²) in [4.78, 5) is 18.5. The number of amides is 1. The van der Waals surface area contributed by atoms with E-state index in [0.29, 0.717) is 37.3 Å². The summed E-state index contributed by atoms with van der Waals surface area (Å²) in [7, 11) is 3.28. The number of nitrogens with zero attached hydrogens (tertiary/aromatic N) is 2. The van der Waals surface area contributed by atoms with Crippen LogP contribution in [-0.2, 0) is 13.1 Å². The van der Waals surface area contributed by atoms with Gasteiger partial charge in [-0.05, 0) is 25.8 Å². The molecule has 3 rings (SSSR count). The third kappa shape index (κ3) is 4.16. The molecule has 140 valence electrons. The fourth-order valence-corrected chi connectivity index (χ4v) is 2.96. The molecule has 1 aromatic heterocycles. The molecule has 0 unspecified atom stereocenters. The molecule has 1 amide bonds. The number of carbonyl (C=O) groups excluding carboxylic acids is 1. The molecule has 0 aliphatic heterocycles. The zero-order chi connectivity index (χ0) is 18.5. The highest BCUT2D eigenvalue weighted by Crippen LogP contribution is 2.35. The van der Waals surface area contributed by atoms with Crippen LogP contribution in [0.1, 0.15) is 41.7 Å². The molecule has 1 saturated carbocycles. The second-order valence-electron chi connectivity index (χ2n) is 6.27. The molecule has 26 heavy (non-hydrogen) atoms. The van der Waals surface area contributed by atoms with Gasteiger partial charge in [-0.1, -0.05) is 12.1 Å². The predicted molar refractivity (Wildman–Crippen MR) is 96.3 cm³/mol. The first-order chi connectivity index (χ1) is 12.7. The van der Waals surface area contributed by atoms with Gasteiger partial charge in [0.05, 0.1) is 20.8 Å². The molecule has 7 heteroatoms. The van der Waals surface area contributed by atoms with Crippen molar-refractivity contribution in [3.63, 3.8) is 0 Å². The van der Waals surface area contributed by atoms with E-state index in [9.17, 15) is 4.79 Å². The van der Waals surface area contributed by atoms with Crippen molar-refractivity contribution in [1.82, 2.24) is 15.2 Å². The summed E-state index contributed by atoms with van der Waals surface area (Å²) >= 11 is 0. The van der Waals surface area contributed by atoms with Crippen molar-refractivity contribution in [2.24, 2.45) is 0 Å². The molecule has 7 nitrogen and oxygen atoms in total. The minimum Gasteiger partial charge on any atom is -0.493 e. The van der Waals surface area contributed by atoms with Gasteiger partial charge in [-0.15, -0.1) is 0 Å². The largest absolute Gasteiger partial charge is 0.493 e. The van der Waals surface area contributed by atoms with E-state index in [1.54, 1.807) is 14.2 Å². The molecular formula is C19H25N3O4. The monoisotopic (exact) mass is 359 g/mol. The van der Waals surface area contributed by atoms with Gasteiger partial charge in [0.15, 0.2) is 17.2 Å². The number of aromatic nitrogens is 1. The van der Waals surface area contributed by atoms with Gasteiger partial charge < -0.3 is 19.2 Å². The van der Waals surface area contributed by atoms with Crippen molar-refractivity contribution < 1.29 is 18.7 Å². The Kier molecular flexibility index (Phi) is 5.78. The maximum Gasteiger partial charge on any atom is 0.273 e. The van der Waals surface area contributed by atoms with E-state index in [-0.39, 0.29) is 5.91 Å². The molecule has 1 aliphatic carbocycles. The molecule has 1 heterocycles. The van der Waals surface area contributed by atoms with Crippen LogP contribution in [0.4, 0.5) is 0 Å². The van der Waals surface area contributed by atoms with Crippen LogP contribution in [0.5, 0.6) is 11.5 Å². The van der Waals surface area contributed by atoms with Crippen LogP contribution in [0.2, 0.25) is 0 Å². The van der Waals surface area contributed by atoms with Gasteiger partial charge in [-0.2, -0.15) is 0 Å². The molecule has 1 aliphatic rings. The minimum atomic E-state index is -0.213. The van der Waals surface area contributed by atoms with Gasteiger partial charge in [0.25, 0.3) is 5.91 Å². The summed E-state index contributed by atoms with van der Waals surface area (Å²) < 4.78 is 16.4. The molecule has 1 aromatic carbocycles. The number of hydrogen-bond donors (Lipinski definition) is 1. The number of methoxy groups -OCH3 is 2. The summed E-state index contributed by atoms with van der Waals surface area (Å²) in [6, 6.07) is 6.37. The zero-order valence-electron chi connectivity index (χ0n) is 15.4. The molecule has 0 atom stereocenters. The fraction of sp³-hybridized carbons (Fsp3) is 0.474. The first-order valence-corrected chi connectivity index (χ1v) is 8.82. The first kappa shape index (κ1) is 18.3. The lowest BCUT2D eigenvalue weighted by atomic mass is 10.1. The maximum absolute atomic E-state index is 11.9. The summed E-state index contributed by atoms with van der Waals surface area (Å²) in [5, 5.41) is 2.73. The van der Waals surface area contributed by atoms with Gasteiger partial charge in [-0.25, -0.2) is 4.98 Å². The zero-order valence-corrected chi connectivity index (χ0v) is 15.4. The summed E-state index contributed by atoms with van der Waals surface area (Å²) in [6.45, 7) is 3.68. The normalized spacial score (nSPS) is 13.7. The Morgan fingerprint density at radius 3 is 2.77 bits per heavy atom. The van der Waals surface area contributed by atoms with Crippen molar-refractivity contribution in [2.75, 3.05) is 20.8 Å². The highest BCUT2D eigenvalue weighted by Gasteiger charge is 2.31. The highest BCUT2D eigenvalue weighted by atomic mass is 16.5. The number of benzene rings is 1. The van der Waals surface area contributed by atoms with E-state index in [1.165, 1.54) is 6.26 Å². The number of carbonyl (C=O) groups is 1. The summed E-state index contributed by atoms with van der Waals surface area (Å²) in [5.74, 6) is 1.79. The van der Waals surface area contributed by atoms with Gasteiger partial charge in [0, 0.05) is 24.7 Å². The smallest absolute Gasteiger partial charge is 0.273 e. The summed E-state index contributed by atoms with van der Waals surface area (Å²) in [6.07, 6.45) is 3.71. The van der Waals surface area contributed by atoms with Crippen LogP contribution in [0, 0.1) is 0 Å².